The number of aryl methyl sites for hydroxylation is 1. The number of sulfonamides is 1. The van der Waals surface area contributed by atoms with Gasteiger partial charge in [0.15, 0.2) is 0 Å². The minimum Gasteiger partial charge on any atom is -0.359 e. The standard InChI is InChI=1S/C16H16N4O4S/c1-10-7-11-8-12(3-5-14(11)18-10)19-15-6-4-13(25(23,24)17-2)9-16(15)20(21)22/h3-9,17-19H,1-2H3. The molecule has 0 unspecified atom stereocenters. The second kappa shape index (κ2) is 6.19. The first-order chi connectivity index (χ1) is 11.8. The fourth-order valence-electron chi connectivity index (χ4n) is 2.56. The zero-order valence-electron chi connectivity index (χ0n) is 13.5. The molecule has 1 aromatic heterocycles. The smallest absolute Gasteiger partial charge is 0.294 e. The van der Waals surface area contributed by atoms with Gasteiger partial charge in [0.1, 0.15) is 5.69 Å². The number of rotatable bonds is 5. The molecule has 0 saturated heterocycles. The van der Waals surface area contributed by atoms with Gasteiger partial charge in [-0.3, -0.25) is 10.1 Å². The molecule has 0 saturated carbocycles. The average Bonchev–Trinajstić information content (AvgIpc) is 2.94. The highest BCUT2D eigenvalue weighted by Crippen LogP contribution is 2.31. The van der Waals surface area contributed by atoms with E-state index >= 15 is 0 Å². The van der Waals surface area contributed by atoms with Gasteiger partial charge in [-0.1, -0.05) is 0 Å². The summed E-state index contributed by atoms with van der Waals surface area (Å²) in [5.41, 5.74) is 2.54. The number of nitro benzene ring substituents is 1. The van der Waals surface area contributed by atoms with E-state index in [0.717, 1.165) is 22.7 Å². The number of nitro groups is 1. The van der Waals surface area contributed by atoms with E-state index in [9.17, 15) is 18.5 Å². The molecule has 9 heteroatoms. The number of nitrogens with zero attached hydrogens (tertiary/aromatic N) is 1. The summed E-state index contributed by atoms with van der Waals surface area (Å²) in [5, 5.41) is 15.3. The van der Waals surface area contributed by atoms with Crippen molar-refractivity contribution < 1.29 is 13.3 Å². The number of fused-ring (bicyclic) bond motifs is 1. The SMILES string of the molecule is CNS(=O)(=O)c1ccc(Nc2ccc3[nH]c(C)cc3c2)c([N+](=O)[O-])c1. The number of nitrogens with one attached hydrogen (secondary N) is 3. The molecule has 0 bridgehead atoms. The summed E-state index contributed by atoms with van der Waals surface area (Å²) in [6, 6.07) is 11.2. The van der Waals surface area contributed by atoms with Crippen LogP contribution in [-0.2, 0) is 10.0 Å². The Morgan fingerprint density at radius 3 is 2.56 bits per heavy atom. The number of hydrogen-bond donors (Lipinski definition) is 3. The maximum atomic E-state index is 11.8. The van der Waals surface area contributed by atoms with Crippen molar-refractivity contribution in [3.8, 4) is 0 Å². The summed E-state index contributed by atoms with van der Waals surface area (Å²) in [6.07, 6.45) is 0. The molecule has 2 aromatic carbocycles. The second-order valence-electron chi connectivity index (χ2n) is 5.52. The number of H-pyrrole nitrogens is 1. The molecule has 0 spiro atoms. The van der Waals surface area contributed by atoms with E-state index in [0.29, 0.717) is 5.69 Å². The van der Waals surface area contributed by atoms with E-state index in [2.05, 4.69) is 15.0 Å². The van der Waals surface area contributed by atoms with Crippen LogP contribution in [0.2, 0.25) is 0 Å². The zero-order valence-corrected chi connectivity index (χ0v) is 14.3. The lowest BCUT2D eigenvalue weighted by atomic mass is 10.2. The van der Waals surface area contributed by atoms with Crippen molar-refractivity contribution in [3.63, 3.8) is 0 Å². The first-order valence-electron chi connectivity index (χ1n) is 7.38. The zero-order chi connectivity index (χ0) is 18.2. The number of hydrogen-bond acceptors (Lipinski definition) is 5. The summed E-state index contributed by atoms with van der Waals surface area (Å²) in [4.78, 5) is 13.8. The van der Waals surface area contributed by atoms with Gasteiger partial charge < -0.3 is 10.3 Å². The fourth-order valence-corrected chi connectivity index (χ4v) is 3.31. The molecule has 0 radical (unpaired) electrons. The molecule has 3 N–H and O–H groups in total. The third kappa shape index (κ3) is 3.32. The highest BCUT2D eigenvalue weighted by molar-refractivity contribution is 7.89. The summed E-state index contributed by atoms with van der Waals surface area (Å²) in [6.45, 7) is 1.94. The lowest BCUT2D eigenvalue weighted by Gasteiger charge is -2.09. The van der Waals surface area contributed by atoms with Crippen LogP contribution in [0.4, 0.5) is 17.1 Å². The molecule has 0 atom stereocenters. The Balaban J connectivity index is 2.01. The quantitative estimate of drug-likeness (QED) is 0.477. The predicted molar refractivity (Wildman–Crippen MR) is 95.7 cm³/mol. The Hall–Kier alpha value is -2.91. The normalized spacial score (nSPS) is 11.6. The van der Waals surface area contributed by atoms with Crippen molar-refractivity contribution >= 4 is 38.0 Å². The maximum Gasteiger partial charge on any atom is 0.294 e. The topological polar surface area (TPSA) is 117 Å². The van der Waals surface area contributed by atoms with Crippen molar-refractivity contribution in [3.05, 3.63) is 58.3 Å². The molecule has 130 valence electrons. The molecule has 0 amide bonds. The van der Waals surface area contributed by atoms with E-state index in [1.165, 1.54) is 19.2 Å². The lowest BCUT2D eigenvalue weighted by Crippen LogP contribution is -2.18. The minimum atomic E-state index is -3.76. The highest BCUT2D eigenvalue weighted by Gasteiger charge is 2.20. The van der Waals surface area contributed by atoms with Gasteiger partial charge in [-0.25, -0.2) is 13.1 Å². The van der Waals surface area contributed by atoms with Crippen LogP contribution < -0.4 is 10.0 Å². The number of aromatic nitrogens is 1. The molecule has 0 aliphatic rings. The number of anilines is 2. The lowest BCUT2D eigenvalue weighted by molar-refractivity contribution is -0.384. The molecule has 0 fully saturated rings. The summed E-state index contributed by atoms with van der Waals surface area (Å²) < 4.78 is 25.8. The van der Waals surface area contributed by atoms with Crippen LogP contribution in [0.5, 0.6) is 0 Å². The molecule has 8 nitrogen and oxygen atoms in total. The van der Waals surface area contributed by atoms with Crippen molar-refractivity contribution in [2.45, 2.75) is 11.8 Å². The maximum absolute atomic E-state index is 11.8. The van der Waals surface area contributed by atoms with Gasteiger partial charge >= 0.3 is 0 Å². The molecule has 25 heavy (non-hydrogen) atoms. The molecular formula is C16H16N4O4S. The monoisotopic (exact) mass is 360 g/mol. The van der Waals surface area contributed by atoms with E-state index in [-0.39, 0.29) is 16.3 Å². The molecule has 0 aliphatic heterocycles. The van der Waals surface area contributed by atoms with Crippen LogP contribution in [0, 0.1) is 17.0 Å². The molecule has 0 aliphatic carbocycles. The van der Waals surface area contributed by atoms with Crippen LogP contribution in [0.25, 0.3) is 10.9 Å². The first-order valence-corrected chi connectivity index (χ1v) is 8.87. The Morgan fingerprint density at radius 2 is 1.88 bits per heavy atom. The fraction of sp³-hybridized carbons (Fsp3) is 0.125. The molecular weight excluding hydrogens is 344 g/mol. The third-order valence-electron chi connectivity index (χ3n) is 3.78. The first kappa shape index (κ1) is 16.9. The van der Waals surface area contributed by atoms with E-state index in [4.69, 9.17) is 0 Å². The van der Waals surface area contributed by atoms with Crippen molar-refractivity contribution in [1.29, 1.82) is 0 Å². The van der Waals surface area contributed by atoms with E-state index in [1.807, 2.05) is 25.1 Å². The largest absolute Gasteiger partial charge is 0.359 e. The summed E-state index contributed by atoms with van der Waals surface area (Å²) in [5.74, 6) is 0. The Labute approximate surface area is 144 Å². The average molecular weight is 360 g/mol. The molecule has 3 rings (SSSR count). The van der Waals surface area contributed by atoms with E-state index < -0.39 is 14.9 Å². The number of aromatic amines is 1. The van der Waals surface area contributed by atoms with Gasteiger partial charge in [0.05, 0.1) is 9.82 Å². The molecule has 1 heterocycles. The van der Waals surface area contributed by atoms with Gasteiger partial charge in [0.2, 0.25) is 10.0 Å². The van der Waals surface area contributed by atoms with Crippen LogP contribution in [0.3, 0.4) is 0 Å². The Morgan fingerprint density at radius 1 is 1.12 bits per heavy atom. The van der Waals surface area contributed by atoms with Crippen LogP contribution in [0.15, 0.2) is 47.4 Å². The minimum absolute atomic E-state index is 0.163. The number of benzene rings is 2. The van der Waals surface area contributed by atoms with Crippen LogP contribution >= 0.6 is 0 Å². The van der Waals surface area contributed by atoms with Gasteiger partial charge in [-0.15, -0.1) is 0 Å². The highest BCUT2D eigenvalue weighted by atomic mass is 32.2. The van der Waals surface area contributed by atoms with E-state index in [1.54, 1.807) is 6.07 Å². The van der Waals surface area contributed by atoms with Gasteiger partial charge in [0, 0.05) is 28.4 Å². The Kier molecular flexibility index (Phi) is 4.19. The third-order valence-corrected chi connectivity index (χ3v) is 5.19. The second-order valence-corrected chi connectivity index (χ2v) is 7.41. The van der Waals surface area contributed by atoms with Gasteiger partial charge in [0.25, 0.3) is 5.69 Å². The van der Waals surface area contributed by atoms with Crippen LogP contribution in [-0.4, -0.2) is 25.4 Å². The molecule has 3 aromatic rings. The summed E-state index contributed by atoms with van der Waals surface area (Å²) in [7, 11) is -2.50. The van der Waals surface area contributed by atoms with Crippen molar-refractivity contribution in [2.75, 3.05) is 12.4 Å². The van der Waals surface area contributed by atoms with Gasteiger partial charge in [-0.2, -0.15) is 0 Å². The van der Waals surface area contributed by atoms with Crippen molar-refractivity contribution in [2.24, 2.45) is 0 Å². The van der Waals surface area contributed by atoms with Gasteiger partial charge in [-0.05, 0) is 50.4 Å². The Bertz CT molecular complexity index is 1070. The summed E-state index contributed by atoms with van der Waals surface area (Å²) >= 11 is 0. The predicted octanol–water partition coefficient (Wildman–Crippen LogP) is 3.04. The van der Waals surface area contributed by atoms with Crippen LogP contribution in [0.1, 0.15) is 5.69 Å². The van der Waals surface area contributed by atoms with Crippen molar-refractivity contribution in [1.82, 2.24) is 9.71 Å².